The minimum atomic E-state index is -4.88. The average molecular weight is 444 g/mol. The zero-order valence-corrected chi connectivity index (χ0v) is 16.5. The molecule has 0 N–H and O–H groups in total. The molecule has 3 atom stereocenters. The van der Waals surface area contributed by atoms with Crippen LogP contribution in [0.1, 0.15) is 34.6 Å². The molecular formula is C23H22F6O2. The molecule has 0 aromatic heterocycles. The number of alkyl halides is 6. The Morgan fingerprint density at radius 2 is 1.58 bits per heavy atom. The van der Waals surface area contributed by atoms with Gasteiger partial charge in [0.15, 0.2) is 6.29 Å². The highest BCUT2D eigenvalue weighted by atomic mass is 19.4. The summed E-state index contributed by atoms with van der Waals surface area (Å²) in [6.45, 7) is 4.20. The third kappa shape index (κ3) is 5.89. The van der Waals surface area contributed by atoms with Crippen LogP contribution in [0.3, 0.4) is 0 Å². The van der Waals surface area contributed by atoms with E-state index in [9.17, 15) is 26.3 Å². The molecule has 0 unspecified atom stereocenters. The lowest BCUT2D eigenvalue weighted by atomic mass is 9.82. The molecule has 8 heteroatoms. The topological polar surface area (TPSA) is 18.5 Å². The first-order valence-corrected chi connectivity index (χ1v) is 9.78. The molecule has 0 saturated carbocycles. The van der Waals surface area contributed by atoms with Gasteiger partial charge in [-0.3, -0.25) is 0 Å². The van der Waals surface area contributed by atoms with E-state index in [0.717, 1.165) is 24.1 Å². The van der Waals surface area contributed by atoms with Crippen molar-refractivity contribution < 1.29 is 35.8 Å². The molecular weight excluding hydrogens is 422 g/mol. The van der Waals surface area contributed by atoms with Crippen LogP contribution in [0.2, 0.25) is 0 Å². The Labute approximate surface area is 176 Å². The lowest BCUT2D eigenvalue weighted by molar-refractivity contribution is -0.182. The summed E-state index contributed by atoms with van der Waals surface area (Å²) in [5, 5.41) is 0. The molecule has 1 heterocycles. The molecule has 168 valence electrons. The molecule has 1 aliphatic heterocycles. The monoisotopic (exact) mass is 444 g/mol. The van der Waals surface area contributed by atoms with Crippen molar-refractivity contribution >= 4 is 0 Å². The van der Waals surface area contributed by atoms with Crippen LogP contribution >= 0.6 is 0 Å². The lowest BCUT2D eigenvalue weighted by Gasteiger charge is -2.37. The van der Waals surface area contributed by atoms with Gasteiger partial charge in [0.1, 0.15) is 0 Å². The molecule has 0 amide bonds. The second kappa shape index (κ2) is 9.44. The van der Waals surface area contributed by atoms with Gasteiger partial charge in [-0.25, -0.2) is 0 Å². The van der Waals surface area contributed by atoms with E-state index in [4.69, 9.17) is 9.47 Å². The maximum Gasteiger partial charge on any atom is 0.416 e. The predicted molar refractivity (Wildman–Crippen MR) is 103 cm³/mol. The van der Waals surface area contributed by atoms with E-state index >= 15 is 0 Å². The summed E-state index contributed by atoms with van der Waals surface area (Å²) in [6.07, 6.45) is -7.98. The molecule has 1 fully saturated rings. The summed E-state index contributed by atoms with van der Waals surface area (Å²) in [4.78, 5) is 0. The zero-order valence-electron chi connectivity index (χ0n) is 16.5. The fourth-order valence-electron chi connectivity index (χ4n) is 3.76. The van der Waals surface area contributed by atoms with E-state index < -0.39 is 29.8 Å². The van der Waals surface area contributed by atoms with Gasteiger partial charge in [-0.1, -0.05) is 36.4 Å². The van der Waals surface area contributed by atoms with Gasteiger partial charge in [0.05, 0.1) is 24.3 Å². The van der Waals surface area contributed by atoms with Gasteiger partial charge in [0.25, 0.3) is 0 Å². The highest BCUT2D eigenvalue weighted by Gasteiger charge is 2.37. The number of allylic oxidation sites excluding steroid dienone is 1. The molecule has 3 rings (SSSR count). The maximum absolute atomic E-state index is 13.0. The van der Waals surface area contributed by atoms with Crippen molar-refractivity contribution in [2.75, 3.05) is 13.2 Å². The average Bonchev–Trinajstić information content (AvgIpc) is 2.72. The Hall–Kier alpha value is -2.32. The zero-order chi connectivity index (χ0) is 22.6. The normalized spacial score (nSPS) is 22.3. The van der Waals surface area contributed by atoms with Crippen molar-refractivity contribution in [1.29, 1.82) is 0 Å². The van der Waals surface area contributed by atoms with Gasteiger partial charge in [-0.2, -0.15) is 26.3 Å². The minimum absolute atomic E-state index is 0.0755. The van der Waals surface area contributed by atoms with E-state index in [1.165, 1.54) is 0 Å². The molecule has 0 bridgehead atoms. The van der Waals surface area contributed by atoms with Crippen LogP contribution in [0.4, 0.5) is 26.3 Å². The Morgan fingerprint density at radius 1 is 0.968 bits per heavy atom. The van der Waals surface area contributed by atoms with Crippen LogP contribution < -0.4 is 0 Å². The second-order valence-corrected chi connectivity index (χ2v) is 7.40. The van der Waals surface area contributed by atoms with Gasteiger partial charge < -0.3 is 9.47 Å². The third-order valence-corrected chi connectivity index (χ3v) is 5.30. The summed E-state index contributed by atoms with van der Waals surface area (Å²) in [7, 11) is 0. The first kappa shape index (κ1) is 23.3. The fraction of sp³-hybridized carbons (Fsp3) is 0.391. The van der Waals surface area contributed by atoms with Crippen LogP contribution in [0.5, 0.6) is 0 Å². The van der Waals surface area contributed by atoms with Crippen molar-refractivity contribution in [2.45, 2.75) is 37.4 Å². The van der Waals surface area contributed by atoms with Crippen molar-refractivity contribution in [1.82, 2.24) is 0 Å². The van der Waals surface area contributed by atoms with Crippen molar-refractivity contribution in [3.8, 4) is 0 Å². The van der Waals surface area contributed by atoms with Crippen molar-refractivity contribution in [3.63, 3.8) is 0 Å². The number of ether oxygens (including phenoxy) is 2. The Bertz CT molecular complexity index is 844. The maximum atomic E-state index is 13.0. The molecule has 0 spiro atoms. The van der Waals surface area contributed by atoms with E-state index in [1.807, 2.05) is 36.4 Å². The molecule has 31 heavy (non-hydrogen) atoms. The molecule has 1 aliphatic rings. The molecule has 2 aromatic carbocycles. The molecule has 0 radical (unpaired) electrons. The molecule has 2 aromatic rings. The van der Waals surface area contributed by atoms with Gasteiger partial charge in [0, 0.05) is 5.92 Å². The minimum Gasteiger partial charge on any atom is -0.352 e. The second-order valence-electron chi connectivity index (χ2n) is 7.40. The fourth-order valence-corrected chi connectivity index (χ4v) is 3.76. The molecule has 1 saturated heterocycles. The Balaban J connectivity index is 1.76. The van der Waals surface area contributed by atoms with Gasteiger partial charge in [0.2, 0.25) is 0 Å². The SMILES string of the molecule is C=C[C@H]1CCO[C@H](OCCc2cc(C(F)(F)F)cc(C(F)(F)F)c2)[C@@H]1c1ccccc1. The van der Waals surface area contributed by atoms with Crippen LogP contribution in [-0.4, -0.2) is 19.5 Å². The van der Waals surface area contributed by atoms with E-state index in [-0.39, 0.29) is 36.5 Å². The van der Waals surface area contributed by atoms with Crippen molar-refractivity contribution in [3.05, 3.63) is 83.4 Å². The standard InChI is InChI=1S/C23H22F6O2/c1-2-16-9-11-31-21(20(16)17-6-4-3-5-7-17)30-10-8-15-12-18(22(24,25)26)14-19(13-15)23(27,28)29/h2-7,12-14,16,20-21H,1,8-11H2/t16-,20-,21-/m0/s1. The van der Waals surface area contributed by atoms with Crippen LogP contribution in [0, 0.1) is 5.92 Å². The Morgan fingerprint density at radius 3 is 2.13 bits per heavy atom. The first-order valence-electron chi connectivity index (χ1n) is 9.78. The largest absolute Gasteiger partial charge is 0.416 e. The van der Waals surface area contributed by atoms with Crippen LogP contribution in [0.15, 0.2) is 61.2 Å². The quantitative estimate of drug-likeness (QED) is 0.369. The highest BCUT2D eigenvalue weighted by molar-refractivity contribution is 5.33. The number of hydrogen-bond donors (Lipinski definition) is 0. The number of halogens is 6. The van der Waals surface area contributed by atoms with Crippen LogP contribution in [0.25, 0.3) is 0 Å². The van der Waals surface area contributed by atoms with Crippen molar-refractivity contribution in [2.24, 2.45) is 5.92 Å². The van der Waals surface area contributed by atoms with E-state index in [0.29, 0.717) is 6.61 Å². The summed E-state index contributed by atoms with van der Waals surface area (Å²) in [5.74, 6) is -0.0914. The lowest BCUT2D eigenvalue weighted by Crippen LogP contribution is -2.36. The van der Waals surface area contributed by atoms with Gasteiger partial charge in [-0.15, -0.1) is 6.58 Å². The Kier molecular flexibility index (Phi) is 7.11. The molecule has 2 nitrogen and oxygen atoms in total. The highest BCUT2D eigenvalue weighted by Crippen LogP contribution is 2.38. The third-order valence-electron chi connectivity index (χ3n) is 5.30. The van der Waals surface area contributed by atoms with E-state index in [1.54, 1.807) is 0 Å². The van der Waals surface area contributed by atoms with Gasteiger partial charge >= 0.3 is 12.4 Å². The number of hydrogen-bond acceptors (Lipinski definition) is 2. The smallest absolute Gasteiger partial charge is 0.352 e. The summed E-state index contributed by atoms with van der Waals surface area (Å²) in [6, 6.07) is 11.0. The van der Waals surface area contributed by atoms with Gasteiger partial charge in [-0.05, 0) is 48.1 Å². The summed E-state index contributed by atoms with van der Waals surface area (Å²) >= 11 is 0. The first-order chi connectivity index (χ1) is 14.6. The van der Waals surface area contributed by atoms with Crippen LogP contribution in [-0.2, 0) is 28.2 Å². The predicted octanol–water partition coefficient (Wildman–Crippen LogP) is 6.62. The molecule has 0 aliphatic carbocycles. The van der Waals surface area contributed by atoms with E-state index in [2.05, 4.69) is 6.58 Å². The number of benzene rings is 2. The summed E-state index contributed by atoms with van der Waals surface area (Å²) < 4.78 is 89.8. The summed E-state index contributed by atoms with van der Waals surface area (Å²) in [5.41, 5.74) is -1.80. The number of rotatable bonds is 6.